The molecule has 2 heterocycles. The molecule has 1 aliphatic rings. The second kappa shape index (κ2) is 18.7. The van der Waals surface area contributed by atoms with Gasteiger partial charge in [-0.05, 0) is 122 Å². The smallest absolute Gasteiger partial charge is 0.137 e. The van der Waals surface area contributed by atoms with Crippen LogP contribution in [0.5, 0.6) is 0 Å². The summed E-state index contributed by atoms with van der Waals surface area (Å²) in [5.74, 6) is 1.66. The van der Waals surface area contributed by atoms with E-state index in [1.54, 1.807) is 0 Å². The van der Waals surface area contributed by atoms with Gasteiger partial charge in [0.25, 0.3) is 0 Å². The molecular formula is C64H54N2O2. The van der Waals surface area contributed by atoms with Crippen molar-refractivity contribution in [2.45, 2.75) is 51.4 Å². The Balaban J connectivity index is 0.983. The highest BCUT2D eigenvalue weighted by atomic mass is 16.3. The monoisotopic (exact) mass is 882 g/mol. The zero-order valence-corrected chi connectivity index (χ0v) is 38.7. The van der Waals surface area contributed by atoms with E-state index in [-0.39, 0.29) is 5.41 Å². The number of nitrogens with zero attached hydrogens (tertiary/aromatic N) is 2. The topological polar surface area (TPSA) is 32.8 Å². The molecule has 0 saturated heterocycles. The van der Waals surface area contributed by atoms with Crippen LogP contribution in [0.25, 0.3) is 33.1 Å². The lowest BCUT2D eigenvalue weighted by molar-refractivity contribution is 0.346. The molecule has 332 valence electrons. The van der Waals surface area contributed by atoms with Crippen molar-refractivity contribution in [3.63, 3.8) is 0 Å². The minimum Gasteiger partial charge on any atom is -0.456 e. The van der Waals surface area contributed by atoms with E-state index in [1.165, 1.54) is 41.5 Å². The van der Waals surface area contributed by atoms with Crippen LogP contribution in [0.4, 0.5) is 22.7 Å². The van der Waals surface area contributed by atoms with Crippen molar-refractivity contribution in [2.75, 3.05) is 9.80 Å². The van der Waals surface area contributed by atoms with Crippen molar-refractivity contribution in [3.8, 4) is 0 Å². The molecule has 0 radical (unpaired) electrons. The molecule has 0 bridgehead atoms. The Morgan fingerprint density at radius 3 is 1.13 bits per heavy atom. The first-order valence-electron chi connectivity index (χ1n) is 23.9. The lowest BCUT2D eigenvalue weighted by atomic mass is 9.65. The SMILES string of the molecule is Cc1ccc(N(C=C(c2ccccc2)c2cc3ccccc3o2)c2ccc(C3(c4ccc(N(C=C(c5ccccc5)c5cc6ccccc6o5)c5ccc(C)cc5)cc4)CCCCC3)cc2)cc1. The van der Waals surface area contributed by atoms with Gasteiger partial charge in [-0.2, -0.15) is 0 Å². The fraction of sp³-hybridized carbons (Fsp3) is 0.125. The summed E-state index contributed by atoms with van der Waals surface area (Å²) in [7, 11) is 0. The van der Waals surface area contributed by atoms with Gasteiger partial charge in [0.2, 0.25) is 0 Å². The Bertz CT molecular complexity index is 3070. The fourth-order valence-corrected chi connectivity index (χ4v) is 10.1. The number of rotatable bonds is 12. The summed E-state index contributed by atoms with van der Waals surface area (Å²) in [5, 5.41) is 2.17. The maximum Gasteiger partial charge on any atom is 0.137 e. The van der Waals surface area contributed by atoms with Crippen LogP contribution >= 0.6 is 0 Å². The van der Waals surface area contributed by atoms with Crippen LogP contribution in [0.3, 0.4) is 0 Å². The molecule has 0 N–H and O–H groups in total. The Labute approximate surface area is 399 Å². The van der Waals surface area contributed by atoms with Crippen molar-refractivity contribution in [2.24, 2.45) is 0 Å². The first-order valence-corrected chi connectivity index (χ1v) is 23.9. The average Bonchev–Trinajstić information content (AvgIpc) is 4.04. The molecule has 1 saturated carbocycles. The standard InChI is InChI=1S/C64H54N2O2/c1-46-24-32-54(33-25-46)65(44-58(48-16-6-3-7-17-48)62-42-50-20-10-12-22-60(50)67-62)56-36-28-52(29-37-56)64(40-14-5-15-41-64)53-30-38-57(39-31-53)66(55-34-26-47(2)27-35-55)45-59(49-18-8-4-9-19-49)63-43-51-21-11-13-23-61(51)68-63/h3-4,6-13,16-39,42-45H,5,14-15,40-41H2,1-2H3. The summed E-state index contributed by atoms with van der Waals surface area (Å²) in [6.45, 7) is 4.28. The van der Waals surface area contributed by atoms with Crippen molar-refractivity contribution in [1.29, 1.82) is 0 Å². The normalized spacial score (nSPS) is 14.0. The van der Waals surface area contributed by atoms with Crippen molar-refractivity contribution >= 4 is 55.8 Å². The molecule has 11 rings (SSSR count). The van der Waals surface area contributed by atoms with E-state index >= 15 is 0 Å². The van der Waals surface area contributed by atoms with Gasteiger partial charge in [-0.1, -0.05) is 176 Å². The van der Waals surface area contributed by atoms with Gasteiger partial charge >= 0.3 is 0 Å². The molecule has 1 aliphatic carbocycles. The highest BCUT2D eigenvalue weighted by Gasteiger charge is 2.36. The van der Waals surface area contributed by atoms with E-state index in [1.807, 2.05) is 24.3 Å². The summed E-state index contributed by atoms with van der Waals surface area (Å²) in [6.07, 6.45) is 10.3. The van der Waals surface area contributed by atoms with Gasteiger partial charge in [0.05, 0.1) is 0 Å². The number of furan rings is 2. The zero-order chi connectivity index (χ0) is 45.9. The molecule has 4 nitrogen and oxygen atoms in total. The van der Waals surface area contributed by atoms with Crippen LogP contribution in [0.2, 0.25) is 0 Å². The van der Waals surface area contributed by atoms with Crippen LogP contribution in [0.15, 0.2) is 240 Å². The van der Waals surface area contributed by atoms with Crippen LogP contribution in [-0.4, -0.2) is 0 Å². The summed E-state index contributed by atoms with van der Waals surface area (Å²) >= 11 is 0. The Hall–Kier alpha value is -8.08. The van der Waals surface area contributed by atoms with Gasteiger partial charge in [0.15, 0.2) is 0 Å². The first kappa shape index (κ1) is 42.5. The minimum absolute atomic E-state index is 0.114. The Morgan fingerprint density at radius 1 is 0.397 bits per heavy atom. The number of hydrogen-bond donors (Lipinski definition) is 0. The van der Waals surface area contributed by atoms with Crippen LogP contribution in [0.1, 0.15) is 77.0 Å². The number of fused-ring (bicyclic) bond motifs is 2. The lowest BCUT2D eigenvalue weighted by Gasteiger charge is -2.39. The molecule has 4 heteroatoms. The molecule has 0 amide bonds. The van der Waals surface area contributed by atoms with Gasteiger partial charge < -0.3 is 18.6 Å². The Morgan fingerprint density at radius 2 is 0.750 bits per heavy atom. The largest absolute Gasteiger partial charge is 0.456 e. The predicted octanol–water partition coefficient (Wildman–Crippen LogP) is 17.5. The van der Waals surface area contributed by atoms with E-state index < -0.39 is 0 Å². The second-order valence-electron chi connectivity index (χ2n) is 18.3. The fourth-order valence-electron chi connectivity index (χ4n) is 10.1. The summed E-state index contributed by atoms with van der Waals surface area (Å²) in [6, 6.07) is 78.3. The maximum atomic E-state index is 6.56. The molecule has 0 atom stereocenters. The van der Waals surface area contributed by atoms with E-state index in [0.717, 1.165) is 91.3 Å². The van der Waals surface area contributed by atoms with E-state index in [9.17, 15) is 0 Å². The van der Waals surface area contributed by atoms with Gasteiger partial charge in [-0.3, -0.25) is 0 Å². The second-order valence-corrected chi connectivity index (χ2v) is 18.3. The molecule has 0 spiro atoms. The average molecular weight is 883 g/mol. The van der Waals surface area contributed by atoms with E-state index in [0.29, 0.717) is 0 Å². The summed E-state index contributed by atoms with van der Waals surface area (Å²) in [5.41, 5.74) is 15.3. The molecule has 68 heavy (non-hydrogen) atoms. The van der Waals surface area contributed by atoms with Crippen LogP contribution in [0, 0.1) is 13.8 Å². The minimum atomic E-state index is -0.114. The maximum absolute atomic E-state index is 6.56. The summed E-state index contributed by atoms with van der Waals surface area (Å²) < 4.78 is 13.1. The van der Waals surface area contributed by atoms with Crippen LogP contribution in [-0.2, 0) is 5.41 Å². The van der Waals surface area contributed by atoms with Gasteiger partial charge in [0.1, 0.15) is 22.7 Å². The van der Waals surface area contributed by atoms with Gasteiger partial charge in [-0.25, -0.2) is 0 Å². The zero-order valence-electron chi connectivity index (χ0n) is 38.7. The molecular weight excluding hydrogens is 829 g/mol. The molecule has 1 fully saturated rings. The van der Waals surface area contributed by atoms with Crippen molar-refractivity contribution in [3.05, 3.63) is 276 Å². The van der Waals surface area contributed by atoms with Gasteiger partial charge in [-0.15, -0.1) is 0 Å². The summed E-state index contributed by atoms with van der Waals surface area (Å²) in [4.78, 5) is 4.62. The number of para-hydroxylation sites is 2. The first-order chi connectivity index (χ1) is 33.5. The highest BCUT2D eigenvalue weighted by Crippen LogP contribution is 2.47. The third-order valence-electron chi connectivity index (χ3n) is 13.8. The molecule has 8 aromatic carbocycles. The van der Waals surface area contributed by atoms with Gasteiger partial charge in [0, 0.05) is 62.5 Å². The number of aryl methyl sites for hydroxylation is 2. The van der Waals surface area contributed by atoms with E-state index in [2.05, 4.69) is 230 Å². The third-order valence-corrected chi connectivity index (χ3v) is 13.8. The highest BCUT2D eigenvalue weighted by molar-refractivity contribution is 5.89. The van der Waals surface area contributed by atoms with E-state index in [4.69, 9.17) is 8.83 Å². The predicted molar refractivity (Wildman–Crippen MR) is 283 cm³/mol. The number of hydrogen-bond acceptors (Lipinski definition) is 4. The molecule has 10 aromatic rings. The molecule has 0 aliphatic heterocycles. The third kappa shape index (κ3) is 8.58. The van der Waals surface area contributed by atoms with Crippen molar-refractivity contribution < 1.29 is 8.83 Å². The van der Waals surface area contributed by atoms with Crippen LogP contribution < -0.4 is 9.80 Å². The molecule has 0 unspecified atom stereocenters. The quantitative estimate of drug-likeness (QED) is 0.122. The Kier molecular flexibility index (Phi) is 11.7. The lowest BCUT2D eigenvalue weighted by Crippen LogP contribution is -2.30. The number of benzene rings is 8. The number of anilines is 4. The molecule has 2 aromatic heterocycles. The van der Waals surface area contributed by atoms with Crippen molar-refractivity contribution in [1.82, 2.24) is 0 Å².